The van der Waals surface area contributed by atoms with E-state index in [1.807, 2.05) is 24.3 Å². The standard InChI is InChI=1S/C10H13Cl2N/c1-8(6-11)7-13-10-4-2-3-9(12)5-10/h2-5,8,13H,6-7H2,1H3. The second-order valence-corrected chi connectivity index (χ2v) is 3.90. The van der Waals surface area contributed by atoms with E-state index >= 15 is 0 Å². The van der Waals surface area contributed by atoms with Crippen molar-refractivity contribution in [2.75, 3.05) is 17.7 Å². The van der Waals surface area contributed by atoms with Crippen LogP contribution in [0.5, 0.6) is 0 Å². The number of halogens is 2. The number of hydrogen-bond donors (Lipinski definition) is 1. The van der Waals surface area contributed by atoms with Crippen molar-refractivity contribution in [3.63, 3.8) is 0 Å². The van der Waals surface area contributed by atoms with Crippen molar-refractivity contribution in [2.24, 2.45) is 5.92 Å². The lowest BCUT2D eigenvalue weighted by Crippen LogP contribution is -2.12. The van der Waals surface area contributed by atoms with Crippen LogP contribution >= 0.6 is 23.2 Å². The van der Waals surface area contributed by atoms with Crippen molar-refractivity contribution in [3.05, 3.63) is 29.3 Å². The summed E-state index contributed by atoms with van der Waals surface area (Å²) in [7, 11) is 0. The lowest BCUT2D eigenvalue weighted by Gasteiger charge is -2.10. The Morgan fingerprint density at radius 1 is 1.46 bits per heavy atom. The first-order valence-electron chi connectivity index (χ1n) is 4.28. The summed E-state index contributed by atoms with van der Waals surface area (Å²) in [6.45, 7) is 2.98. The average molecular weight is 218 g/mol. The van der Waals surface area contributed by atoms with Gasteiger partial charge in [0.2, 0.25) is 0 Å². The van der Waals surface area contributed by atoms with Crippen molar-refractivity contribution in [2.45, 2.75) is 6.92 Å². The van der Waals surface area contributed by atoms with E-state index in [1.54, 1.807) is 0 Å². The number of alkyl halides is 1. The van der Waals surface area contributed by atoms with Crippen molar-refractivity contribution in [1.82, 2.24) is 0 Å². The van der Waals surface area contributed by atoms with Gasteiger partial charge in [0.1, 0.15) is 0 Å². The second-order valence-electron chi connectivity index (χ2n) is 3.15. The van der Waals surface area contributed by atoms with Crippen molar-refractivity contribution < 1.29 is 0 Å². The van der Waals surface area contributed by atoms with Gasteiger partial charge in [-0.3, -0.25) is 0 Å². The summed E-state index contributed by atoms with van der Waals surface area (Å²) in [6.07, 6.45) is 0. The molecule has 0 aliphatic heterocycles. The van der Waals surface area contributed by atoms with Crippen LogP contribution in [0.15, 0.2) is 24.3 Å². The minimum absolute atomic E-state index is 0.473. The molecular weight excluding hydrogens is 205 g/mol. The van der Waals surface area contributed by atoms with Crippen LogP contribution in [0, 0.1) is 5.92 Å². The zero-order valence-electron chi connectivity index (χ0n) is 7.56. The van der Waals surface area contributed by atoms with Crippen LogP contribution in [0.4, 0.5) is 5.69 Å². The topological polar surface area (TPSA) is 12.0 Å². The first-order valence-corrected chi connectivity index (χ1v) is 5.19. The van der Waals surface area contributed by atoms with Gasteiger partial charge in [-0.25, -0.2) is 0 Å². The van der Waals surface area contributed by atoms with Gasteiger partial charge in [-0.15, -0.1) is 11.6 Å². The molecule has 0 saturated heterocycles. The van der Waals surface area contributed by atoms with Gasteiger partial charge < -0.3 is 5.32 Å². The fourth-order valence-corrected chi connectivity index (χ4v) is 1.24. The van der Waals surface area contributed by atoms with E-state index in [2.05, 4.69) is 12.2 Å². The molecule has 1 rings (SSSR count). The Hall–Kier alpha value is -0.400. The van der Waals surface area contributed by atoms with Gasteiger partial charge in [0.05, 0.1) is 0 Å². The summed E-state index contributed by atoms with van der Waals surface area (Å²) in [5.74, 6) is 1.15. The quantitative estimate of drug-likeness (QED) is 0.761. The molecular formula is C10H13Cl2N. The molecule has 1 N–H and O–H groups in total. The second kappa shape index (κ2) is 5.36. The Morgan fingerprint density at radius 3 is 2.85 bits per heavy atom. The van der Waals surface area contributed by atoms with Gasteiger partial charge in [-0.05, 0) is 24.1 Å². The van der Waals surface area contributed by atoms with Gasteiger partial charge in [-0.2, -0.15) is 0 Å². The largest absolute Gasteiger partial charge is 0.385 e. The molecule has 0 aliphatic rings. The Labute approximate surface area is 89.0 Å². The fourth-order valence-electron chi connectivity index (χ4n) is 0.945. The summed E-state index contributed by atoms with van der Waals surface area (Å²) in [5.41, 5.74) is 1.05. The van der Waals surface area contributed by atoms with Crippen LogP contribution in [0.3, 0.4) is 0 Å². The highest BCUT2D eigenvalue weighted by molar-refractivity contribution is 6.30. The monoisotopic (exact) mass is 217 g/mol. The summed E-state index contributed by atoms with van der Waals surface area (Å²) < 4.78 is 0. The molecule has 0 radical (unpaired) electrons. The third-order valence-electron chi connectivity index (χ3n) is 1.74. The zero-order chi connectivity index (χ0) is 9.68. The van der Waals surface area contributed by atoms with Crippen molar-refractivity contribution in [3.8, 4) is 0 Å². The normalized spacial score (nSPS) is 12.5. The third-order valence-corrected chi connectivity index (χ3v) is 2.50. The molecule has 1 aromatic carbocycles. The van der Waals surface area contributed by atoms with Crippen molar-refractivity contribution in [1.29, 1.82) is 0 Å². The lowest BCUT2D eigenvalue weighted by atomic mass is 10.2. The highest BCUT2D eigenvalue weighted by Gasteiger charge is 1.99. The van der Waals surface area contributed by atoms with E-state index < -0.39 is 0 Å². The zero-order valence-corrected chi connectivity index (χ0v) is 9.07. The van der Waals surface area contributed by atoms with Gasteiger partial charge in [0.25, 0.3) is 0 Å². The van der Waals surface area contributed by atoms with Gasteiger partial charge >= 0.3 is 0 Å². The SMILES string of the molecule is CC(CCl)CNc1cccc(Cl)c1. The molecule has 0 fully saturated rings. The van der Waals surface area contributed by atoms with E-state index in [0.29, 0.717) is 11.8 Å². The van der Waals surface area contributed by atoms with Crippen LogP contribution in [-0.4, -0.2) is 12.4 Å². The molecule has 0 amide bonds. The molecule has 1 unspecified atom stereocenters. The van der Waals surface area contributed by atoms with Crippen LogP contribution in [0.25, 0.3) is 0 Å². The predicted octanol–water partition coefficient (Wildman–Crippen LogP) is 3.63. The van der Waals surface area contributed by atoms with Crippen LogP contribution in [0.1, 0.15) is 6.92 Å². The van der Waals surface area contributed by atoms with Gasteiger partial charge in [0, 0.05) is 23.1 Å². The highest BCUT2D eigenvalue weighted by atomic mass is 35.5. The molecule has 13 heavy (non-hydrogen) atoms. The Morgan fingerprint density at radius 2 is 2.23 bits per heavy atom. The van der Waals surface area contributed by atoms with E-state index in [4.69, 9.17) is 23.2 Å². The number of anilines is 1. The summed E-state index contributed by atoms with van der Waals surface area (Å²) in [5, 5.41) is 4.02. The number of benzene rings is 1. The first-order chi connectivity index (χ1) is 6.22. The average Bonchev–Trinajstić information content (AvgIpc) is 2.14. The first kappa shape index (κ1) is 10.7. The molecule has 0 bridgehead atoms. The summed E-state index contributed by atoms with van der Waals surface area (Å²) in [6, 6.07) is 7.68. The lowest BCUT2D eigenvalue weighted by molar-refractivity contribution is 0.696. The Bertz CT molecular complexity index is 263. The molecule has 72 valence electrons. The van der Waals surface area contributed by atoms with Gasteiger partial charge in [0.15, 0.2) is 0 Å². The molecule has 0 spiro atoms. The highest BCUT2D eigenvalue weighted by Crippen LogP contribution is 2.15. The van der Waals surface area contributed by atoms with E-state index in [-0.39, 0.29) is 0 Å². The van der Waals surface area contributed by atoms with Crippen LogP contribution in [0.2, 0.25) is 5.02 Å². The molecule has 1 nitrogen and oxygen atoms in total. The Balaban J connectivity index is 2.45. The van der Waals surface area contributed by atoms with Gasteiger partial charge in [-0.1, -0.05) is 24.6 Å². The maximum Gasteiger partial charge on any atom is 0.0426 e. The Kier molecular flexibility index (Phi) is 4.40. The summed E-state index contributed by atoms with van der Waals surface area (Å²) >= 11 is 11.5. The molecule has 0 aliphatic carbocycles. The smallest absolute Gasteiger partial charge is 0.0426 e. The fraction of sp³-hybridized carbons (Fsp3) is 0.400. The summed E-state index contributed by atoms with van der Waals surface area (Å²) in [4.78, 5) is 0. The van der Waals surface area contributed by atoms with Crippen molar-refractivity contribution >= 4 is 28.9 Å². The molecule has 0 saturated carbocycles. The van der Waals surface area contributed by atoms with E-state index in [1.165, 1.54) is 0 Å². The van der Waals surface area contributed by atoms with E-state index in [0.717, 1.165) is 17.3 Å². The molecule has 1 aromatic rings. The molecule has 0 aromatic heterocycles. The number of rotatable bonds is 4. The minimum atomic E-state index is 0.473. The van der Waals surface area contributed by atoms with Crippen LogP contribution in [-0.2, 0) is 0 Å². The number of hydrogen-bond acceptors (Lipinski definition) is 1. The third kappa shape index (κ3) is 3.88. The minimum Gasteiger partial charge on any atom is -0.385 e. The molecule has 3 heteroatoms. The van der Waals surface area contributed by atoms with E-state index in [9.17, 15) is 0 Å². The number of nitrogens with one attached hydrogen (secondary N) is 1. The molecule has 0 heterocycles. The predicted molar refractivity (Wildman–Crippen MR) is 59.8 cm³/mol. The maximum absolute atomic E-state index is 5.83. The molecule has 1 atom stereocenters. The maximum atomic E-state index is 5.83. The van der Waals surface area contributed by atoms with Crippen LogP contribution < -0.4 is 5.32 Å².